The van der Waals surface area contributed by atoms with Crippen molar-refractivity contribution in [1.82, 2.24) is 0 Å². The molecule has 0 aliphatic rings. The zero-order valence-electron chi connectivity index (χ0n) is 19.5. The maximum Gasteiger partial charge on any atom is 0.587 e. The van der Waals surface area contributed by atoms with Crippen LogP contribution in [-0.4, -0.2) is 6.61 Å². The van der Waals surface area contributed by atoms with Gasteiger partial charge in [-0.1, -0.05) is 100 Å². The van der Waals surface area contributed by atoms with Crippen LogP contribution in [0, 0.1) is 13.8 Å². The second kappa shape index (κ2) is 14.3. The van der Waals surface area contributed by atoms with Gasteiger partial charge in [0.15, 0.2) is 0 Å². The molecule has 0 N–H and O–H groups in total. The quantitative estimate of drug-likeness (QED) is 0.191. The Bertz CT molecular complexity index is 719. The Kier molecular flexibility index (Phi) is 11.8. The molecule has 0 bridgehead atoms. The van der Waals surface area contributed by atoms with Crippen LogP contribution in [0.5, 0.6) is 11.5 Å². The van der Waals surface area contributed by atoms with Gasteiger partial charge in [-0.05, 0) is 44.5 Å². The molecule has 0 fully saturated rings. The number of hydrogen-bond acceptors (Lipinski definition) is 4. The van der Waals surface area contributed by atoms with Crippen molar-refractivity contribution in [1.29, 1.82) is 0 Å². The van der Waals surface area contributed by atoms with Crippen LogP contribution in [0.25, 0.3) is 0 Å². The molecular weight excluding hydrogens is 407 g/mol. The summed E-state index contributed by atoms with van der Waals surface area (Å²) in [6, 6.07) is 14.8. The molecule has 0 saturated heterocycles. The number of benzene rings is 2. The van der Waals surface area contributed by atoms with Gasteiger partial charge in [-0.3, -0.25) is 4.52 Å². The van der Waals surface area contributed by atoms with E-state index in [1.807, 2.05) is 38.1 Å². The van der Waals surface area contributed by atoms with Gasteiger partial charge in [-0.25, -0.2) is 4.57 Å². The number of rotatable bonds is 16. The Morgan fingerprint density at radius 2 is 1.00 bits per heavy atom. The Hall–Kier alpha value is -1.77. The molecule has 2 aromatic carbocycles. The summed E-state index contributed by atoms with van der Waals surface area (Å²) in [5.41, 5.74) is 2.21. The molecular formula is C26H39O4P. The van der Waals surface area contributed by atoms with Crippen molar-refractivity contribution in [3.05, 3.63) is 59.7 Å². The van der Waals surface area contributed by atoms with Gasteiger partial charge in [-0.15, -0.1) is 0 Å². The van der Waals surface area contributed by atoms with E-state index in [0.717, 1.165) is 24.0 Å². The Morgan fingerprint density at radius 1 is 0.613 bits per heavy atom. The fourth-order valence-corrected chi connectivity index (χ4v) is 4.55. The van der Waals surface area contributed by atoms with Crippen molar-refractivity contribution < 1.29 is 18.1 Å². The first-order chi connectivity index (χ1) is 15.0. The molecule has 0 unspecified atom stereocenters. The van der Waals surface area contributed by atoms with Crippen molar-refractivity contribution in [3.8, 4) is 11.5 Å². The lowest BCUT2D eigenvalue weighted by Crippen LogP contribution is -2.06. The number of phosphoric acid groups is 1. The monoisotopic (exact) mass is 446 g/mol. The highest BCUT2D eigenvalue weighted by Gasteiger charge is 2.30. The number of aryl methyl sites for hydroxylation is 2. The Labute approximate surface area is 188 Å². The molecule has 0 amide bonds. The molecule has 0 aromatic heterocycles. The van der Waals surface area contributed by atoms with E-state index in [4.69, 9.17) is 13.6 Å². The lowest BCUT2D eigenvalue weighted by atomic mass is 10.1. The fraction of sp³-hybridized carbons (Fsp3) is 0.538. The van der Waals surface area contributed by atoms with Crippen molar-refractivity contribution >= 4 is 7.82 Å². The molecule has 172 valence electrons. The Morgan fingerprint density at radius 3 is 1.42 bits per heavy atom. The molecule has 0 saturated carbocycles. The zero-order valence-corrected chi connectivity index (χ0v) is 20.4. The molecule has 0 radical (unpaired) electrons. The highest BCUT2D eigenvalue weighted by atomic mass is 31.2. The molecule has 4 nitrogen and oxygen atoms in total. The highest BCUT2D eigenvalue weighted by molar-refractivity contribution is 7.49. The van der Waals surface area contributed by atoms with E-state index < -0.39 is 7.82 Å². The van der Waals surface area contributed by atoms with Crippen LogP contribution in [0.15, 0.2) is 48.5 Å². The number of phosphoric ester groups is 1. The lowest BCUT2D eigenvalue weighted by molar-refractivity contribution is 0.205. The van der Waals surface area contributed by atoms with Crippen molar-refractivity contribution in [2.24, 2.45) is 0 Å². The fourth-order valence-electron chi connectivity index (χ4n) is 3.29. The van der Waals surface area contributed by atoms with Crippen LogP contribution >= 0.6 is 7.82 Å². The summed E-state index contributed by atoms with van der Waals surface area (Å²) in [5.74, 6) is 0.952. The van der Waals surface area contributed by atoms with Gasteiger partial charge in [0.1, 0.15) is 11.5 Å². The van der Waals surface area contributed by atoms with Crippen LogP contribution in [0.1, 0.15) is 82.3 Å². The van der Waals surface area contributed by atoms with Gasteiger partial charge in [-0.2, -0.15) is 0 Å². The minimum atomic E-state index is -3.77. The predicted octanol–water partition coefficient (Wildman–Crippen LogP) is 8.81. The van der Waals surface area contributed by atoms with Gasteiger partial charge in [0.05, 0.1) is 6.61 Å². The molecule has 5 heteroatoms. The topological polar surface area (TPSA) is 44.8 Å². The van der Waals surface area contributed by atoms with Crippen LogP contribution in [0.4, 0.5) is 0 Å². The first-order valence-corrected chi connectivity index (χ1v) is 13.2. The van der Waals surface area contributed by atoms with Crippen LogP contribution < -0.4 is 9.05 Å². The molecule has 2 rings (SSSR count). The van der Waals surface area contributed by atoms with Gasteiger partial charge in [0.2, 0.25) is 0 Å². The maximum absolute atomic E-state index is 13.3. The second-order valence-electron chi connectivity index (χ2n) is 8.27. The van der Waals surface area contributed by atoms with E-state index in [1.165, 1.54) is 51.4 Å². The summed E-state index contributed by atoms with van der Waals surface area (Å²) in [4.78, 5) is 0. The number of hydrogen-bond donors (Lipinski definition) is 0. The molecule has 31 heavy (non-hydrogen) atoms. The third-order valence-electron chi connectivity index (χ3n) is 5.22. The smallest absolute Gasteiger partial charge is 0.395 e. The summed E-state index contributed by atoms with van der Waals surface area (Å²) in [7, 11) is -3.77. The molecule has 0 aliphatic heterocycles. The maximum atomic E-state index is 13.3. The summed E-state index contributed by atoms with van der Waals surface area (Å²) >= 11 is 0. The first kappa shape index (κ1) is 25.5. The summed E-state index contributed by atoms with van der Waals surface area (Å²) in [6.07, 6.45) is 12.3. The first-order valence-electron chi connectivity index (χ1n) is 11.8. The number of unbranched alkanes of at least 4 members (excludes halogenated alkanes) is 9. The van der Waals surface area contributed by atoms with Crippen molar-refractivity contribution in [2.75, 3.05) is 6.61 Å². The van der Waals surface area contributed by atoms with Gasteiger partial charge in [0, 0.05) is 0 Å². The zero-order chi connectivity index (χ0) is 22.4. The third kappa shape index (κ3) is 10.9. The Balaban J connectivity index is 1.78. The summed E-state index contributed by atoms with van der Waals surface area (Å²) in [5, 5.41) is 0. The van der Waals surface area contributed by atoms with E-state index in [1.54, 1.807) is 24.3 Å². The van der Waals surface area contributed by atoms with Gasteiger partial charge < -0.3 is 9.05 Å². The van der Waals surface area contributed by atoms with Crippen LogP contribution in [0.2, 0.25) is 0 Å². The standard InChI is InChI=1S/C26H39O4P/c1-4-5-6-7-8-9-10-11-12-13-22-28-31(27,29-25-18-14-23(2)15-19-25)30-26-20-16-24(3)17-21-26/h14-21H,4-13,22H2,1-3H3. The lowest BCUT2D eigenvalue weighted by Gasteiger charge is -2.19. The van der Waals surface area contributed by atoms with E-state index in [0.29, 0.717) is 18.1 Å². The van der Waals surface area contributed by atoms with Crippen molar-refractivity contribution in [2.45, 2.75) is 85.0 Å². The molecule has 0 heterocycles. The normalized spacial score (nSPS) is 11.5. The van der Waals surface area contributed by atoms with E-state index in [-0.39, 0.29) is 0 Å². The van der Waals surface area contributed by atoms with E-state index in [9.17, 15) is 4.57 Å². The second-order valence-corrected chi connectivity index (χ2v) is 9.79. The molecule has 0 atom stereocenters. The highest BCUT2D eigenvalue weighted by Crippen LogP contribution is 2.49. The largest absolute Gasteiger partial charge is 0.587 e. The SMILES string of the molecule is CCCCCCCCCCCCOP(=O)(Oc1ccc(C)cc1)Oc1ccc(C)cc1. The molecule has 0 spiro atoms. The molecule has 0 aliphatic carbocycles. The van der Waals surface area contributed by atoms with E-state index in [2.05, 4.69) is 6.92 Å². The minimum absolute atomic E-state index is 0.353. The average Bonchev–Trinajstić information content (AvgIpc) is 2.75. The van der Waals surface area contributed by atoms with Crippen LogP contribution in [0.3, 0.4) is 0 Å². The predicted molar refractivity (Wildman–Crippen MR) is 129 cm³/mol. The van der Waals surface area contributed by atoms with Gasteiger partial charge in [0.25, 0.3) is 0 Å². The van der Waals surface area contributed by atoms with Crippen molar-refractivity contribution in [3.63, 3.8) is 0 Å². The van der Waals surface area contributed by atoms with E-state index >= 15 is 0 Å². The minimum Gasteiger partial charge on any atom is -0.395 e. The third-order valence-corrected chi connectivity index (χ3v) is 6.59. The molecule has 2 aromatic rings. The average molecular weight is 447 g/mol. The van der Waals surface area contributed by atoms with Gasteiger partial charge >= 0.3 is 7.82 Å². The van der Waals surface area contributed by atoms with Crippen LogP contribution in [-0.2, 0) is 9.09 Å². The summed E-state index contributed by atoms with van der Waals surface area (Å²) < 4.78 is 30.4. The summed E-state index contributed by atoms with van der Waals surface area (Å²) in [6.45, 7) is 6.59.